The maximum atomic E-state index is 11.8. The molecule has 1 amide bonds. The van der Waals surface area contributed by atoms with Gasteiger partial charge in [0.05, 0.1) is 12.0 Å². The number of nitrogens with two attached hydrogens (primary N) is 1. The lowest BCUT2D eigenvalue weighted by atomic mass is 9.72. The summed E-state index contributed by atoms with van der Waals surface area (Å²) in [6.07, 6.45) is 0.904. The molecule has 1 aromatic carbocycles. The van der Waals surface area contributed by atoms with Crippen LogP contribution >= 0.6 is 0 Å². The highest BCUT2D eigenvalue weighted by Gasteiger charge is 2.42. The highest BCUT2D eigenvalue weighted by molar-refractivity contribution is 5.93. The van der Waals surface area contributed by atoms with Gasteiger partial charge in [-0.25, -0.2) is 10.3 Å². The van der Waals surface area contributed by atoms with Crippen molar-refractivity contribution in [2.45, 2.75) is 39.0 Å². The number of benzene rings is 1. The number of likely N-dealkylation sites (tertiary alicyclic amines) is 1. The van der Waals surface area contributed by atoms with Crippen molar-refractivity contribution in [2.24, 2.45) is 16.1 Å². The van der Waals surface area contributed by atoms with E-state index in [9.17, 15) is 4.79 Å². The van der Waals surface area contributed by atoms with Crippen LogP contribution in [0.25, 0.3) is 0 Å². The molecule has 0 unspecified atom stereocenters. The van der Waals surface area contributed by atoms with Gasteiger partial charge in [-0.15, -0.1) is 5.11 Å². The van der Waals surface area contributed by atoms with Crippen molar-refractivity contribution in [3.05, 3.63) is 35.9 Å². The standard InChI is InChI=1S/C15H21N5O2.C2H6/c1-2-22-14(21)20-10-8-15(9-11-20,13(18-16)19-17)12-6-4-3-5-7-12;1-2/h3-7,16H,2,8-11,17H2,1H3;1-2H3/b18-16?,19-13-;. The van der Waals surface area contributed by atoms with Crippen LogP contribution in [0.2, 0.25) is 0 Å². The van der Waals surface area contributed by atoms with Gasteiger partial charge in [0.15, 0.2) is 5.84 Å². The molecule has 0 aliphatic carbocycles. The average Bonchev–Trinajstić information content (AvgIpc) is 2.65. The Bertz CT molecular complexity index is 551. The molecule has 3 N–H and O–H groups in total. The molecule has 7 heteroatoms. The lowest BCUT2D eigenvalue weighted by Gasteiger charge is -2.40. The quantitative estimate of drug-likeness (QED) is 0.291. The van der Waals surface area contributed by atoms with Crippen LogP contribution in [0.1, 0.15) is 39.2 Å². The predicted octanol–water partition coefficient (Wildman–Crippen LogP) is 3.51. The minimum absolute atomic E-state index is 0.294. The summed E-state index contributed by atoms with van der Waals surface area (Å²) in [7, 11) is 0. The van der Waals surface area contributed by atoms with E-state index in [1.807, 2.05) is 44.2 Å². The Hall–Kier alpha value is -2.44. The molecule has 0 bridgehead atoms. The number of hydrogen-bond donors (Lipinski definition) is 2. The normalized spacial score (nSPS) is 16.6. The topological polar surface area (TPSA) is 104 Å². The maximum absolute atomic E-state index is 11.8. The van der Waals surface area contributed by atoms with Gasteiger partial charge >= 0.3 is 6.09 Å². The number of rotatable bonds is 3. The number of hydrazone groups is 1. The minimum atomic E-state index is -0.527. The number of hydrogen-bond acceptors (Lipinski definition) is 5. The minimum Gasteiger partial charge on any atom is -0.450 e. The number of piperidine rings is 1. The molecule has 1 aliphatic heterocycles. The molecule has 1 heterocycles. The van der Waals surface area contributed by atoms with Gasteiger partial charge in [0.1, 0.15) is 0 Å². The number of ether oxygens (including phenoxy) is 1. The Morgan fingerprint density at radius 2 is 1.88 bits per heavy atom. The molecule has 1 aliphatic rings. The molecular weight excluding hydrogens is 306 g/mol. The van der Waals surface area contributed by atoms with Gasteiger partial charge < -0.3 is 15.5 Å². The zero-order valence-corrected chi connectivity index (χ0v) is 14.7. The summed E-state index contributed by atoms with van der Waals surface area (Å²) in [4.78, 5) is 13.5. The average molecular weight is 333 g/mol. The van der Waals surface area contributed by atoms with E-state index in [2.05, 4.69) is 10.2 Å². The van der Waals surface area contributed by atoms with E-state index >= 15 is 0 Å². The second-order valence-corrected chi connectivity index (χ2v) is 5.20. The Labute approximate surface area is 143 Å². The molecule has 0 aromatic heterocycles. The molecule has 7 nitrogen and oxygen atoms in total. The van der Waals surface area contributed by atoms with Crippen molar-refractivity contribution in [3.63, 3.8) is 0 Å². The van der Waals surface area contributed by atoms with E-state index in [1.54, 1.807) is 11.8 Å². The van der Waals surface area contributed by atoms with Crippen LogP contribution in [0.4, 0.5) is 4.79 Å². The highest BCUT2D eigenvalue weighted by atomic mass is 16.6. The third-order valence-corrected chi connectivity index (χ3v) is 4.13. The molecule has 0 atom stereocenters. The summed E-state index contributed by atoms with van der Waals surface area (Å²) in [5, 5.41) is 7.24. The van der Waals surface area contributed by atoms with E-state index in [1.165, 1.54) is 0 Å². The third kappa shape index (κ3) is 4.10. The molecule has 1 fully saturated rings. The smallest absolute Gasteiger partial charge is 0.409 e. The van der Waals surface area contributed by atoms with Gasteiger partial charge in [0.2, 0.25) is 0 Å². The van der Waals surface area contributed by atoms with Crippen molar-refractivity contribution in [1.29, 1.82) is 5.53 Å². The van der Waals surface area contributed by atoms with Crippen molar-refractivity contribution >= 4 is 11.9 Å². The van der Waals surface area contributed by atoms with E-state index < -0.39 is 5.41 Å². The van der Waals surface area contributed by atoms with Crippen molar-refractivity contribution in [3.8, 4) is 0 Å². The first-order valence-corrected chi connectivity index (χ1v) is 8.31. The Kier molecular flexibility index (Phi) is 7.88. The predicted molar refractivity (Wildman–Crippen MR) is 94.1 cm³/mol. The Morgan fingerprint density at radius 1 is 1.29 bits per heavy atom. The van der Waals surface area contributed by atoms with Crippen LogP contribution in [0.15, 0.2) is 40.5 Å². The van der Waals surface area contributed by atoms with Gasteiger partial charge in [-0.2, -0.15) is 5.10 Å². The molecule has 24 heavy (non-hydrogen) atoms. The van der Waals surface area contributed by atoms with E-state index in [-0.39, 0.29) is 6.09 Å². The van der Waals surface area contributed by atoms with Gasteiger partial charge in [0.25, 0.3) is 0 Å². The van der Waals surface area contributed by atoms with E-state index in [0.717, 1.165) is 5.56 Å². The lowest BCUT2D eigenvalue weighted by molar-refractivity contribution is 0.0930. The third-order valence-electron chi connectivity index (χ3n) is 4.13. The van der Waals surface area contributed by atoms with Crippen molar-refractivity contribution < 1.29 is 9.53 Å². The van der Waals surface area contributed by atoms with Gasteiger partial charge in [0, 0.05) is 13.1 Å². The number of amides is 1. The Morgan fingerprint density at radius 3 is 2.33 bits per heavy atom. The first-order chi connectivity index (χ1) is 11.7. The summed E-state index contributed by atoms with van der Waals surface area (Å²) in [6.45, 7) is 7.18. The van der Waals surface area contributed by atoms with Crippen molar-refractivity contribution in [1.82, 2.24) is 4.90 Å². The van der Waals surface area contributed by atoms with Crippen molar-refractivity contribution in [2.75, 3.05) is 19.7 Å². The van der Waals surface area contributed by atoms with Crippen LogP contribution in [0.5, 0.6) is 0 Å². The second-order valence-electron chi connectivity index (χ2n) is 5.20. The SMILES string of the molecule is CC.CCOC(=O)N1CCC(/C(N=N)=N/N)(c2ccccc2)CC1. The van der Waals surface area contributed by atoms with Crippen LogP contribution in [0, 0.1) is 5.53 Å². The van der Waals surface area contributed by atoms with Gasteiger partial charge in [-0.1, -0.05) is 44.2 Å². The molecular formula is C17H27N5O2. The second kappa shape index (κ2) is 9.64. The van der Waals surface area contributed by atoms with Crippen LogP contribution in [-0.2, 0) is 10.2 Å². The van der Waals surface area contributed by atoms with Gasteiger partial charge in [-0.05, 0) is 25.3 Å². The Balaban J connectivity index is 0.00000139. The summed E-state index contributed by atoms with van der Waals surface area (Å²) >= 11 is 0. The fourth-order valence-electron chi connectivity index (χ4n) is 2.94. The maximum Gasteiger partial charge on any atom is 0.409 e. The lowest BCUT2D eigenvalue weighted by Crippen LogP contribution is -2.49. The van der Waals surface area contributed by atoms with E-state index in [4.69, 9.17) is 16.1 Å². The fraction of sp³-hybridized carbons (Fsp3) is 0.529. The van der Waals surface area contributed by atoms with Gasteiger partial charge in [-0.3, -0.25) is 0 Å². The van der Waals surface area contributed by atoms with E-state index in [0.29, 0.717) is 38.4 Å². The van der Waals surface area contributed by atoms with Crippen LogP contribution < -0.4 is 5.84 Å². The summed E-state index contributed by atoms with van der Waals surface area (Å²) in [5.74, 6) is 5.74. The molecule has 0 radical (unpaired) electrons. The first-order valence-electron chi connectivity index (χ1n) is 8.31. The summed E-state index contributed by atoms with van der Waals surface area (Å²) in [6, 6.07) is 9.77. The number of nitrogens with one attached hydrogen (secondary N) is 1. The van der Waals surface area contributed by atoms with Crippen LogP contribution in [0.3, 0.4) is 0 Å². The first kappa shape index (κ1) is 19.6. The molecule has 2 rings (SSSR count). The summed E-state index contributed by atoms with van der Waals surface area (Å²) < 4.78 is 5.04. The highest BCUT2D eigenvalue weighted by Crippen LogP contribution is 2.37. The molecule has 132 valence electrons. The molecule has 1 saturated heterocycles. The molecule has 0 spiro atoms. The zero-order chi connectivity index (χ0) is 18.0. The number of nitrogens with zero attached hydrogens (tertiary/aromatic N) is 3. The zero-order valence-electron chi connectivity index (χ0n) is 14.7. The number of amidine groups is 1. The summed E-state index contributed by atoms with van der Waals surface area (Å²) in [5.41, 5.74) is 7.87. The largest absolute Gasteiger partial charge is 0.450 e. The number of carbonyl (C=O) groups excluding carboxylic acids is 1. The van der Waals surface area contributed by atoms with Crippen LogP contribution in [-0.4, -0.2) is 36.5 Å². The monoisotopic (exact) mass is 333 g/mol. The molecule has 1 aromatic rings. The number of carbonyl (C=O) groups is 1. The fourth-order valence-corrected chi connectivity index (χ4v) is 2.94. The molecule has 0 saturated carbocycles.